The van der Waals surface area contributed by atoms with Gasteiger partial charge in [0.05, 0.1) is 5.69 Å². The van der Waals surface area contributed by atoms with Gasteiger partial charge >= 0.3 is 6.09 Å². The fourth-order valence-electron chi connectivity index (χ4n) is 1.56. The summed E-state index contributed by atoms with van der Waals surface area (Å²) in [6, 6.07) is 0. The lowest BCUT2D eigenvalue weighted by atomic mass is 10.2. The van der Waals surface area contributed by atoms with Crippen molar-refractivity contribution in [2.45, 2.75) is 39.8 Å². The van der Waals surface area contributed by atoms with E-state index < -0.39 is 5.60 Å². The van der Waals surface area contributed by atoms with Crippen LogP contribution in [-0.4, -0.2) is 46.2 Å². The normalized spacial score (nSPS) is 11.2. The number of aromatic nitrogens is 2. The Morgan fingerprint density at radius 3 is 2.70 bits per heavy atom. The lowest BCUT2D eigenvalue weighted by Crippen LogP contribution is -2.40. The van der Waals surface area contributed by atoms with Crippen molar-refractivity contribution in [2.24, 2.45) is 0 Å². The fourth-order valence-corrected chi connectivity index (χ4v) is 1.56. The molecule has 1 heterocycles. The van der Waals surface area contributed by atoms with E-state index >= 15 is 0 Å². The number of nitrogens with zero attached hydrogens (tertiary/aromatic N) is 3. The van der Waals surface area contributed by atoms with Crippen LogP contribution in [0, 0.1) is 0 Å². The van der Waals surface area contributed by atoms with Crippen LogP contribution in [0.5, 0.6) is 0 Å². The second-order valence-corrected chi connectivity index (χ2v) is 5.43. The Morgan fingerprint density at radius 2 is 2.15 bits per heavy atom. The SMILES string of the molecule is CCN(CCNCc1cnccn1)C(=O)OC(C)(C)C. The number of rotatable bonds is 6. The van der Waals surface area contributed by atoms with Crippen LogP contribution in [0.15, 0.2) is 18.6 Å². The van der Waals surface area contributed by atoms with Crippen LogP contribution < -0.4 is 5.32 Å². The first-order chi connectivity index (χ1) is 9.42. The topological polar surface area (TPSA) is 67.3 Å². The zero-order chi connectivity index (χ0) is 15.0. The zero-order valence-electron chi connectivity index (χ0n) is 12.7. The molecule has 0 saturated carbocycles. The minimum absolute atomic E-state index is 0.277. The van der Waals surface area contributed by atoms with Gasteiger partial charge in [0.15, 0.2) is 0 Å². The summed E-state index contributed by atoms with van der Waals surface area (Å²) in [6.45, 7) is 10.1. The van der Waals surface area contributed by atoms with Gasteiger partial charge in [0.1, 0.15) is 5.60 Å². The van der Waals surface area contributed by atoms with E-state index in [9.17, 15) is 4.79 Å². The number of hydrogen-bond donors (Lipinski definition) is 1. The number of likely N-dealkylation sites (N-methyl/N-ethyl adjacent to an activating group) is 1. The molecule has 0 aromatic carbocycles. The van der Waals surface area contributed by atoms with Crippen molar-refractivity contribution in [1.29, 1.82) is 0 Å². The minimum atomic E-state index is -0.461. The Balaban J connectivity index is 2.29. The van der Waals surface area contributed by atoms with Crippen LogP contribution >= 0.6 is 0 Å². The Bertz CT molecular complexity index is 403. The van der Waals surface area contributed by atoms with Gasteiger partial charge in [-0.3, -0.25) is 9.97 Å². The number of hydrogen-bond acceptors (Lipinski definition) is 5. The number of amides is 1. The molecule has 112 valence electrons. The predicted molar refractivity (Wildman–Crippen MR) is 77.2 cm³/mol. The largest absolute Gasteiger partial charge is 0.444 e. The van der Waals surface area contributed by atoms with Crippen LogP contribution in [0.25, 0.3) is 0 Å². The first kappa shape index (κ1) is 16.4. The predicted octanol–water partition coefficient (Wildman–Crippen LogP) is 1.82. The maximum absolute atomic E-state index is 11.9. The van der Waals surface area contributed by atoms with Crippen molar-refractivity contribution in [2.75, 3.05) is 19.6 Å². The van der Waals surface area contributed by atoms with Gasteiger partial charge in [-0.15, -0.1) is 0 Å². The van der Waals surface area contributed by atoms with Crippen molar-refractivity contribution in [3.05, 3.63) is 24.3 Å². The van der Waals surface area contributed by atoms with Gasteiger partial charge in [-0.25, -0.2) is 4.79 Å². The molecular formula is C14H24N4O2. The molecule has 0 unspecified atom stereocenters. The Hall–Kier alpha value is -1.69. The molecule has 1 rings (SSSR count). The second-order valence-electron chi connectivity index (χ2n) is 5.43. The summed E-state index contributed by atoms with van der Waals surface area (Å²) in [4.78, 5) is 21.7. The molecule has 0 atom stereocenters. The molecule has 1 aromatic heterocycles. The van der Waals surface area contributed by atoms with E-state index in [0.717, 1.165) is 5.69 Å². The summed E-state index contributed by atoms with van der Waals surface area (Å²) in [5, 5.41) is 3.23. The van der Waals surface area contributed by atoms with Crippen molar-refractivity contribution >= 4 is 6.09 Å². The molecular weight excluding hydrogens is 256 g/mol. The van der Waals surface area contributed by atoms with Crippen LogP contribution in [0.3, 0.4) is 0 Å². The molecule has 6 nitrogen and oxygen atoms in total. The Kier molecular flexibility index (Phi) is 6.38. The summed E-state index contributed by atoms with van der Waals surface area (Å²) in [5.41, 5.74) is 0.421. The third-order valence-corrected chi connectivity index (χ3v) is 2.51. The van der Waals surface area contributed by atoms with Crippen molar-refractivity contribution in [3.8, 4) is 0 Å². The average Bonchev–Trinajstić information content (AvgIpc) is 2.38. The maximum atomic E-state index is 11.9. The van der Waals surface area contributed by atoms with Crippen LogP contribution in [0.4, 0.5) is 4.79 Å². The molecule has 0 aliphatic rings. The molecule has 0 aliphatic carbocycles. The van der Waals surface area contributed by atoms with E-state index in [4.69, 9.17) is 4.74 Å². The third kappa shape index (κ3) is 6.47. The molecule has 0 spiro atoms. The van der Waals surface area contributed by atoms with Crippen LogP contribution in [-0.2, 0) is 11.3 Å². The van der Waals surface area contributed by atoms with Gasteiger partial charge < -0.3 is 15.0 Å². The number of carbonyl (C=O) groups excluding carboxylic acids is 1. The highest BCUT2D eigenvalue weighted by Gasteiger charge is 2.20. The van der Waals surface area contributed by atoms with E-state index in [-0.39, 0.29) is 6.09 Å². The lowest BCUT2D eigenvalue weighted by molar-refractivity contribution is 0.0262. The molecule has 0 aliphatic heterocycles. The monoisotopic (exact) mass is 280 g/mol. The molecule has 1 aromatic rings. The summed E-state index contributed by atoms with van der Waals surface area (Å²) < 4.78 is 5.34. The van der Waals surface area contributed by atoms with E-state index in [2.05, 4.69) is 15.3 Å². The summed E-state index contributed by atoms with van der Waals surface area (Å²) in [6.07, 6.45) is 4.75. The second kappa shape index (κ2) is 7.79. The van der Waals surface area contributed by atoms with Crippen LogP contribution in [0.1, 0.15) is 33.4 Å². The van der Waals surface area contributed by atoms with E-state index in [1.165, 1.54) is 0 Å². The molecule has 0 bridgehead atoms. The highest BCUT2D eigenvalue weighted by atomic mass is 16.6. The highest BCUT2D eigenvalue weighted by Crippen LogP contribution is 2.09. The lowest BCUT2D eigenvalue weighted by Gasteiger charge is -2.26. The average molecular weight is 280 g/mol. The van der Waals surface area contributed by atoms with Gasteiger partial charge in [-0.2, -0.15) is 0 Å². The summed E-state index contributed by atoms with van der Waals surface area (Å²) in [7, 11) is 0. The molecule has 6 heteroatoms. The smallest absolute Gasteiger partial charge is 0.410 e. The number of nitrogens with one attached hydrogen (secondary N) is 1. The fraction of sp³-hybridized carbons (Fsp3) is 0.643. The van der Waals surface area contributed by atoms with Gasteiger partial charge in [0.2, 0.25) is 0 Å². The quantitative estimate of drug-likeness (QED) is 0.805. The van der Waals surface area contributed by atoms with Gasteiger partial charge in [0, 0.05) is 44.8 Å². The van der Waals surface area contributed by atoms with Crippen molar-refractivity contribution < 1.29 is 9.53 Å². The highest BCUT2D eigenvalue weighted by molar-refractivity contribution is 5.68. The van der Waals surface area contributed by atoms with Crippen molar-refractivity contribution in [1.82, 2.24) is 20.2 Å². The van der Waals surface area contributed by atoms with E-state index in [1.54, 1.807) is 23.5 Å². The Morgan fingerprint density at radius 1 is 1.40 bits per heavy atom. The zero-order valence-corrected chi connectivity index (χ0v) is 12.7. The third-order valence-electron chi connectivity index (χ3n) is 2.51. The number of ether oxygens (including phenoxy) is 1. The van der Waals surface area contributed by atoms with E-state index in [0.29, 0.717) is 26.2 Å². The standard InChI is InChI=1S/C14H24N4O2/c1-5-18(13(19)20-14(2,3)4)9-8-16-11-12-10-15-6-7-17-12/h6-7,10,16H,5,8-9,11H2,1-4H3. The molecule has 20 heavy (non-hydrogen) atoms. The van der Waals surface area contributed by atoms with Gasteiger partial charge in [0.25, 0.3) is 0 Å². The number of carbonyl (C=O) groups is 1. The molecule has 1 N–H and O–H groups in total. The molecule has 1 amide bonds. The van der Waals surface area contributed by atoms with Gasteiger partial charge in [-0.1, -0.05) is 0 Å². The Labute approximate surface area is 120 Å². The summed E-state index contributed by atoms with van der Waals surface area (Å²) >= 11 is 0. The molecule has 0 fully saturated rings. The summed E-state index contributed by atoms with van der Waals surface area (Å²) in [5.74, 6) is 0. The van der Waals surface area contributed by atoms with Crippen LogP contribution in [0.2, 0.25) is 0 Å². The van der Waals surface area contributed by atoms with E-state index in [1.807, 2.05) is 27.7 Å². The molecule has 0 radical (unpaired) electrons. The maximum Gasteiger partial charge on any atom is 0.410 e. The molecule has 0 saturated heterocycles. The first-order valence-corrected chi connectivity index (χ1v) is 6.86. The van der Waals surface area contributed by atoms with Gasteiger partial charge in [-0.05, 0) is 27.7 Å². The van der Waals surface area contributed by atoms with Crippen molar-refractivity contribution in [3.63, 3.8) is 0 Å². The minimum Gasteiger partial charge on any atom is -0.444 e. The first-order valence-electron chi connectivity index (χ1n) is 6.86.